The minimum absolute atomic E-state index is 0.0352. The number of amides is 2. The van der Waals surface area contributed by atoms with Gasteiger partial charge in [-0.15, -0.1) is 0 Å². The monoisotopic (exact) mass is 274 g/mol. The van der Waals surface area contributed by atoms with Gasteiger partial charge in [0.1, 0.15) is 12.1 Å². The zero-order valence-electron chi connectivity index (χ0n) is 10.9. The molecule has 2 aliphatic heterocycles. The van der Waals surface area contributed by atoms with E-state index in [4.69, 9.17) is 0 Å². The number of aliphatic carboxylic acids is 1. The van der Waals surface area contributed by atoms with E-state index in [1.165, 1.54) is 7.05 Å². The number of hydrogen-bond donors (Lipinski definition) is 1. The molecule has 0 aliphatic carbocycles. The fraction of sp³-hybridized carbons (Fsp3) is 0.357. The molecule has 0 aromatic heterocycles. The summed E-state index contributed by atoms with van der Waals surface area (Å²) in [5.41, 5.74) is 1.64. The van der Waals surface area contributed by atoms with Gasteiger partial charge in [0.25, 0.3) is 5.91 Å². The van der Waals surface area contributed by atoms with Gasteiger partial charge in [-0.3, -0.25) is 14.5 Å². The standard InChI is InChI=1S/C14H14N2O4/c1-15-12(17)7-10(13(15)18)16-9-5-3-2-4-8(9)6-11(16)14(19)20/h2-5,10-11H,6-7H2,1H3,(H,19,20). The highest BCUT2D eigenvalue weighted by Crippen LogP contribution is 2.36. The van der Waals surface area contributed by atoms with Crippen molar-refractivity contribution in [3.8, 4) is 0 Å². The predicted octanol–water partition coefficient (Wildman–Crippen LogP) is 0.260. The molecule has 20 heavy (non-hydrogen) atoms. The van der Waals surface area contributed by atoms with Gasteiger partial charge < -0.3 is 10.0 Å². The lowest BCUT2D eigenvalue weighted by molar-refractivity contribution is -0.138. The number of carboxylic acid groups (broad SMARTS) is 1. The van der Waals surface area contributed by atoms with Crippen LogP contribution in [-0.4, -0.2) is 46.9 Å². The van der Waals surface area contributed by atoms with Gasteiger partial charge in [0, 0.05) is 19.2 Å². The minimum atomic E-state index is -0.976. The van der Waals surface area contributed by atoms with Crippen molar-refractivity contribution in [3.63, 3.8) is 0 Å². The van der Waals surface area contributed by atoms with E-state index >= 15 is 0 Å². The molecule has 6 heteroatoms. The Hall–Kier alpha value is -2.37. The molecule has 2 unspecified atom stereocenters. The highest BCUT2D eigenvalue weighted by Gasteiger charge is 2.47. The van der Waals surface area contributed by atoms with Gasteiger partial charge in [-0.1, -0.05) is 18.2 Å². The molecule has 2 aliphatic rings. The zero-order valence-corrected chi connectivity index (χ0v) is 10.9. The quantitative estimate of drug-likeness (QED) is 0.783. The molecule has 0 saturated carbocycles. The van der Waals surface area contributed by atoms with Gasteiger partial charge in [0.05, 0.1) is 6.42 Å². The van der Waals surface area contributed by atoms with Crippen LogP contribution in [0.3, 0.4) is 0 Å². The van der Waals surface area contributed by atoms with E-state index in [-0.39, 0.29) is 18.2 Å². The number of imide groups is 1. The number of carbonyl (C=O) groups is 3. The Morgan fingerprint density at radius 3 is 2.55 bits per heavy atom. The van der Waals surface area contributed by atoms with Crippen LogP contribution in [0.1, 0.15) is 12.0 Å². The van der Waals surface area contributed by atoms with Crippen molar-refractivity contribution < 1.29 is 19.5 Å². The average molecular weight is 274 g/mol. The second-order valence-electron chi connectivity index (χ2n) is 5.11. The van der Waals surface area contributed by atoms with Crippen LogP contribution in [0.4, 0.5) is 5.69 Å². The minimum Gasteiger partial charge on any atom is -0.480 e. The van der Waals surface area contributed by atoms with Crippen molar-refractivity contribution in [3.05, 3.63) is 29.8 Å². The molecule has 0 bridgehead atoms. The summed E-state index contributed by atoms with van der Waals surface area (Å²) < 4.78 is 0. The Morgan fingerprint density at radius 2 is 1.95 bits per heavy atom. The molecular weight excluding hydrogens is 260 g/mol. The van der Waals surface area contributed by atoms with E-state index < -0.39 is 18.1 Å². The summed E-state index contributed by atoms with van der Waals surface area (Å²) in [6, 6.07) is 5.80. The van der Waals surface area contributed by atoms with E-state index in [1.807, 2.05) is 12.1 Å². The lowest BCUT2D eigenvalue weighted by atomic mass is 10.1. The lowest BCUT2D eigenvalue weighted by Gasteiger charge is -2.29. The van der Waals surface area contributed by atoms with Crippen molar-refractivity contribution in [2.24, 2.45) is 0 Å². The summed E-state index contributed by atoms with van der Waals surface area (Å²) in [7, 11) is 1.43. The van der Waals surface area contributed by atoms with Crippen molar-refractivity contribution in [2.75, 3.05) is 11.9 Å². The van der Waals surface area contributed by atoms with Crippen LogP contribution in [0.25, 0.3) is 0 Å². The first kappa shape index (κ1) is 12.7. The van der Waals surface area contributed by atoms with Crippen LogP contribution >= 0.6 is 0 Å². The smallest absolute Gasteiger partial charge is 0.326 e. The Bertz CT molecular complexity index is 613. The van der Waals surface area contributed by atoms with Crippen LogP contribution < -0.4 is 4.90 Å². The van der Waals surface area contributed by atoms with E-state index in [0.29, 0.717) is 6.42 Å². The normalized spacial score (nSPS) is 25.2. The number of rotatable bonds is 2. The number of para-hydroxylation sites is 1. The number of likely N-dealkylation sites (tertiary alicyclic amines) is 1. The van der Waals surface area contributed by atoms with Crippen LogP contribution in [0.5, 0.6) is 0 Å². The van der Waals surface area contributed by atoms with Crippen molar-refractivity contribution in [1.82, 2.24) is 4.90 Å². The number of anilines is 1. The number of benzene rings is 1. The Morgan fingerprint density at radius 1 is 1.25 bits per heavy atom. The number of carbonyl (C=O) groups excluding carboxylic acids is 2. The summed E-state index contributed by atoms with van der Waals surface area (Å²) in [5, 5.41) is 9.38. The highest BCUT2D eigenvalue weighted by molar-refractivity contribution is 6.07. The van der Waals surface area contributed by atoms with Crippen LogP contribution in [0.15, 0.2) is 24.3 Å². The lowest BCUT2D eigenvalue weighted by Crippen LogP contribution is -2.48. The summed E-state index contributed by atoms with van der Waals surface area (Å²) in [6.07, 6.45) is 0.390. The number of hydrogen-bond acceptors (Lipinski definition) is 4. The van der Waals surface area contributed by atoms with Crippen LogP contribution in [0, 0.1) is 0 Å². The number of carboxylic acids is 1. The van der Waals surface area contributed by atoms with Gasteiger partial charge in [0.2, 0.25) is 5.91 Å². The number of nitrogens with zero attached hydrogens (tertiary/aromatic N) is 2. The molecule has 0 spiro atoms. The van der Waals surface area contributed by atoms with Gasteiger partial charge in [-0.25, -0.2) is 4.79 Å². The third-order valence-corrected chi connectivity index (χ3v) is 4.00. The summed E-state index contributed by atoms with van der Waals surface area (Å²) in [6.45, 7) is 0. The molecule has 2 amide bonds. The molecule has 0 radical (unpaired) electrons. The average Bonchev–Trinajstić information content (AvgIpc) is 2.92. The van der Waals surface area contributed by atoms with Gasteiger partial charge in [0.15, 0.2) is 0 Å². The number of fused-ring (bicyclic) bond motifs is 1. The Labute approximate surface area is 115 Å². The number of likely N-dealkylation sites (N-methyl/N-ethyl adjacent to an activating group) is 1. The molecule has 2 heterocycles. The Kier molecular flexibility index (Phi) is 2.74. The van der Waals surface area contributed by atoms with E-state index in [1.54, 1.807) is 17.0 Å². The molecule has 6 nitrogen and oxygen atoms in total. The first-order valence-corrected chi connectivity index (χ1v) is 6.40. The third kappa shape index (κ3) is 1.68. The molecule has 1 fully saturated rings. The molecule has 1 aromatic carbocycles. The molecular formula is C14H14N2O4. The molecule has 1 saturated heterocycles. The van der Waals surface area contributed by atoms with E-state index in [0.717, 1.165) is 16.2 Å². The maximum absolute atomic E-state index is 12.2. The van der Waals surface area contributed by atoms with Crippen LogP contribution in [0.2, 0.25) is 0 Å². The van der Waals surface area contributed by atoms with Gasteiger partial charge in [-0.05, 0) is 11.6 Å². The maximum atomic E-state index is 12.2. The molecule has 1 aromatic rings. The Balaban J connectivity index is 2.03. The summed E-state index contributed by atoms with van der Waals surface area (Å²) in [4.78, 5) is 37.9. The van der Waals surface area contributed by atoms with E-state index in [2.05, 4.69) is 0 Å². The fourth-order valence-corrected chi connectivity index (χ4v) is 2.95. The molecule has 1 N–H and O–H groups in total. The second-order valence-corrected chi connectivity index (χ2v) is 5.11. The summed E-state index contributed by atoms with van der Waals surface area (Å²) >= 11 is 0. The molecule has 2 atom stereocenters. The van der Waals surface area contributed by atoms with Crippen molar-refractivity contribution in [1.29, 1.82) is 0 Å². The largest absolute Gasteiger partial charge is 0.480 e. The maximum Gasteiger partial charge on any atom is 0.326 e. The van der Waals surface area contributed by atoms with E-state index in [9.17, 15) is 19.5 Å². The first-order valence-electron chi connectivity index (χ1n) is 6.40. The van der Waals surface area contributed by atoms with Gasteiger partial charge >= 0.3 is 5.97 Å². The highest BCUT2D eigenvalue weighted by atomic mass is 16.4. The zero-order chi connectivity index (χ0) is 14.4. The molecule has 3 rings (SSSR count). The third-order valence-electron chi connectivity index (χ3n) is 4.00. The second kappa shape index (κ2) is 4.33. The topological polar surface area (TPSA) is 77.9 Å². The SMILES string of the molecule is CN1C(=O)CC(N2c3ccccc3CC2C(=O)O)C1=O. The van der Waals surface area contributed by atoms with Crippen molar-refractivity contribution in [2.45, 2.75) is 24.9 Å². The van der Waals surface area contributed by atoms with Gasteiger partial charge in [-0.2, -0.15) is 0 Å². The van der Waals surface area contributed by atoms with Crippen LogP contribution in [-0.2, 0) is 20.8 Å². The fourth-order valence-electron chi connectivity index (χ4n) is 2.95. The predicted molar refractivity (Wildman–Crippen MR) is 70.2 cm³/mol. The molecule has 104 valence electrons. The van der Waals surface area contributed by atoms with Crippen molar-refractivity contribution >= 4 is 23.5 Å². The first-order chi connectivity index (χ1) is 9.50. The summed E-state index contributed by atoms with van der Waals surface area (Å²) in [5.74, 6) is -1.58.